The number of urea groups is 1. The molecule has 1 aliphatic rings. The fourth-order valence-electron chi connectivity index (χ4n) is 0.367. The van der Waals surface area contributed by atoms with Crippen molar-refractivity contribution in [1.82, 2.24) is 9.74 Å². The Morgan fingerprint density at radius 3 is 3.00 bits per heavy atom. The van der Waals surface area contributed by atoms with Crippen molar-refractivity contribution in [3.05, 3.63) is 0 Å². The van der Waals surface area contributed by atoms with Gasteiger partial charge in [0.1, 0.15) is 6.34 Å². The molecule has 1 atom stereocenters. The van der Waals surface area contributed by atoms with E-state index in [1.807, 2.05) is 0 Å². The summed E-state index contributed by atoms with van der Waals surface area (Å²) in [4.78, 5) is 13.6. The average Bonchev–Trinajstić information content (AvgIpc) is 1.80. The van der Waals surface area contributed by atoms with E-state index in [1.165, 1.54) is 0 Å². The van der Waals surface area contributed by atoms with Crippen LogP contribution in [0.25, 0.3) is 0 Å². The van der Waals surface area contributed by atoms with Gasteiger partial charge in [-0.3, -0.25) is 0 Å². The second-order valence-corrected chi connectivity index (χ2v) is 2.18. The Balaban J connectivity index is 2.65. The van der Waals surface area contributed by atoms with Gasteiger partial charge in [0.05, 0.1) is 0 Å². The Hall–Kier alpha value is -0.480. The molecule has 0 aliphatic carbocycles. The summed E-state index contributed by atoms with van der Waals surface area (Å²) in [6, 6.07) is -0.480. The molecule has 0 radical (unpaired) electrons. The maximum Gasteiger partial charge on any atom is 0.344 e. The Morgan fingerprint density at radius 1 is 1.89 bits per heavy atom. The third-order valence-corrected chi connectivity index (χ3v) is 1.45. The lowest BCUT2D eigenvalue weighted by Crippen LogP contribution is -2.42. The lowest BCUT2D eigenvalue weighted by molar-refractivity contribution is 0.243. The molecule has 1 rings (SSSR count). The standard InChI is InChI=1S/C3H3Cl2N3O/c4-2-7-3(9)6-1-8(2)5/h1-2H,(H,7,9). The van der Waals surface area contributed by atoms with Crippen LogP contribution in [0.15, 0.2) is 4.99 Å². The summed E-state index contributed by atoms with van der Waals surface area (Å²) in [5.41, 5.74) is -0.698. The van der Waals surface area contributed by atoms with Crippen molar-refractivity contribution in [1.29, 1.82) is 0 Å². The topological polar surface area (TPSA) is 44.7 Å². The number of hydrogen-bond acceptors (Lipinski definition) is 2. The lowest BCUT2D eigenvalue weighted by atomic mass is 10.8. The van der Waals surface area contributed by atoms with Crippen molar-refractivity contribution in [3.8, 4) is 0 Å². The highest BCUT2D eigenvalue weighted by Gasteiger charge is 2.17. The number of alkyl halides is 1. The van der Waals surface area contributed by atoms with Crippen LogP contribution in [0.5, 0.6) is 0 Å². The first kappa shape index (κ1) is 6.64. The summed E-state index contributed by atoms with van der Waals surface area (Å²) >= 11 is 10.8. The largest absolute Gasteiger partial charge is 0.344 e. The van der Waals surface area contributed by atoms with Gasteiger partial charge in [0.2, 0.25) is 0 Å². The van der Waals surface area contributed by atoms with Crippen molar-refractivity contribution in [2.75, 3.05) is 0 Å². The van der Waals surface area contributed by atoms with Gasteiger partial charge in [-0.2, -0.15) is 4.99 Å². The molecule has 0 spiro atoms. The van der Waals surface area contributed by atoms with Gasteiger partial charge in [-0.05, 0) is 0 Å². The van der Waals surface area contributed by atoms with Gasteiger partial charge in [-0.1, -0.05) is 11.6 Å². The molecule has 0 saturated heterocycles. The summed E-state index contributed by atoms with van der Waals surface area (Å²) in [5, 5.41) is 2.25. The molecule has 1 N–H and O–H groups in total. The number of carbonyl (C=O) groups excluding carboxylic acids is 1. The van der Waals surface area contributed by atoms with Crippen LogP contribution in [0.2, 0.25) is 0 Å². The third kappa shape index (κ3) is 1.46. The van der Waals surface area contributed by atoms with Gasteiger partial charge in [0.25, 0.3) is 0 Å². The van der Waals surface area contributed by atoms with E-state index in [0.29, 0.717) is 0 Å². The van der Waals surface area contributed by atoms with Crippen molar-refractivity contribution in [3.63, 3.8) is 0 Å². The van der Waals surface area contributed by atoms with Gasteiger partial charge in [0, 0.05) is 11.8 Å². The van der Waals surface area contributed by atoms with E-state index in [1.54, 1.807) is 0 Å². The second kappa shape index (κ2) is 2.41. The predicted molar refractivity (Wildman–Crippen MR) is 34.4 cm³/mol. The van der Waals surface area contributed by atoms with Crippen LogP contribution in [0.3, 0.4) is 0 Å². The highest BCUT2D eigenvalue weighted by Crippen LogP contribution is 2.05. The predicted octanol–water partition coefficient (Wildman–Crippen LogP) is 0.716. The first-order chi connectivity index (χ1) is 4.20. The van der Waals surface area contributed by atoms with Crippen LogP contribution >= 0.6 is 23.4 Å². The summed E-state index contributed by atoms with van der Waals surface area (Å²) in [6.45, 7) is 0. The highest BCUT2D eigenvalue weighted by molar-refractivity contribution is 6.29. The molecule has 0 fully saturated rings. The Bertz CT molecular complexity index is 159. The van der Waals surface area contributed by atoms with E-state index in [-0.39, 0.29) is 0 Å². The summed E-state index contributed by atoms with van der Waals surface area (Å²) in [5.74, 6) is 0. The number of carbonyl (C=O) groups is 1. The number of aliphatic imine (C=N–C) groups is 1. The number of nitrogens with one attached hydrogen (secondary N) is 1. The quantitative estimate of drug-likeness (QED) is 0.329. The first-order valence-corrected chi connectivity index (χ1v) is 2.90. The van der Waals surface area contributed by atoms with Crippen molar-refractivity contribution >= 4 is 35.7 Å². The Kier molecular flexibility index (Phi) is 1.78. The van der Waals surface area contributed by atoms with Crippen LogP contribution in [0, 0.1) is 0 Å². The zero-order chi connectivity index (χ0) is 6.85. The zero-order valence-corrected chi connectivity index (χ0v) is 5.73. The van der Waals surface area contributed by atoms with E-state index in [4.69, 9.17) is 23.4 Å². The molecule has 2 amide bonds. The SMILES string of the molecule is O=C1N=CN(Cl)C(Cl)N1. The molecule has 50 valence electrons. The highest BCUT2D eigenvalue weighted by atomic mass is 35.5. The fourth-order valence-corrected chi connectivity index (χ4v) is 0.603. The van der Waals surface area contributed by atoms with E-state index >= 15 is 0 Å². The minimum absolute atomic E-state index is 0.480. The van der Waals surface area contributed by atoms with Gasteiger partial charge in [-0.15, -0.1) is 0 Å². The molecule has 1 aliphatic heterocycles. The molecule has 4 nitrogen and oxygen atoms in total. The molecule has 0 saturated carbocycles. The summed E-state index contributed by atoms with van der Waals surface area (Å²) in [7, 11) is 0. The lowest BCUT2D eigenvalue weighted by Gasteiger charge is -2.19. The van der Waals surface area contributed by atoms with E-state index in [9.17, 15) is 4.79 Å². The first-order valence-electron chi connectivity index (χ1n) is 2.13. The van der Waals surface area contributed by atoms with Crippen LogP contribution in [-0.2, 0) is 0 Å². The smallest absolute Gasteiger partial charge is 0.302 e. The molecule has 9 heavy (non-hydrogen) atoms. The number of nitrogens with zero attached hydrogens (tertiary/aromatic N) is 2. The zero-order valence-electron chi connectivity index (χ0n) is 4.21. The van der Waals surface area contributed by atoms with Gasteiger partial charge in [-0.25, -0.2) is 9.21 Å². The molecular formula is C3H3Cl2N3O. The molecule has 0 bridgehead atoms. The summed E-state index contributed by atoms with van der Waals surface area (Å²) < 4.78 is 1.06. The van der Waals surface area contributed by atoms with Crippen LogP contribution in [0.1, 0.15) is 0 Å². The summed E-state index contributed by atoms with van der Waals surface area (Å²) in [6.07, 6.45) is 1.15. The van der Waals surface area contributed by atoms with E-state index < -0.39 is 11.7 Å². The Labute approximate surface area is 61.5 Å². The van der Waals surface area contributed by atoms with Crippen molar-refractivity contribution < 1.29 is 4.79 Å². The second-order valence-electron chi connectivity index (χ2n) is 1.37. The number of amides is 2. The van der Waals surface area contributed by atoms with E-state index in [0.717, 1.165) is 10.8 Å². The van der Waals surface area contributed by atoms with Gasteiger partial charge in [0.15, 0.2) is 5.62 Å². The molecular weight excluding hydrogens is 165 g/mol. The maximum absolute atomic E-state index is 10.3. The molecule has 0 aromatic heterocycles. The fraction of sp³-hybridized carbons (Fsp3) is 0.333. The minimum Gasteiger partial charge on any atom is -0.302 e. The molecule has 6 heteroatoms. The normalized spacial score (nSPS) is 26.2. The monoisotopic (exact) mass is 167 g/mol. The molecule has 0 aromatic rings. The molecule has 0 aromatic carbocycles. The van der Waals surface area contributed by atoms with Crippen molar-refractivity contribution in [2.45, 2.75) is 5.62 Å². The Morgan fingerprint density at radius 2 is 2.56 bits per heavy atom. The maximum atomic E-state index is 10.3. The van der Waals surface area contributed by atoms with Gasteiger partial charge >= 0.3 is 6.03 Å². The number of halogens is 2. The van der Waals surface area contributed by atoms with Crippen LogP contribution < -0.4 is 5.32 Å². The molecule has 1 unspecified atom stereocenters. The minimum atomic E-state index is -0.698. The van der Waals surface area contributed by atoms with Gasteiger partial charge < -0.3 is 5.32 Å². The van der Waals surface area contributed by atoms with Crippen LogP contribution in [-0.4, -0.2) is 22.4 Å². The molecule has 1 heterocycles. The average molecular weight is 168 g/mol. The van der Waals surface area contributed by atoms with Crippen molar-refractivity contribution in [2.24, 2.45) is 4.99 Å². The number of hydrogen-bond donors (Lipinski definition) is 1. The third-order valence-electron chi connectivity index (χ3n) is 0.744. The van der Waals surface area contributed by atoms with Crippen LogP contribution in [0.4, 0.5) is 4.79 Å². The number of rotatable bonds is 0. The van der Waals surface area contributed by atoms with E-state index in [2.05, 4.69) is 10.3 Å².